The minimum atomic E-state index is -0.480. The third-order valence-corrected chi connectivity index (χ3v) is 5.83. The molecule has 2 amide bonds. The third kappa shape index (κ3) is 4.45. The Balaban J connectivity index is 1.81. The number of rotatable bonds is 5. The summed E-state index contributed by atoms with van der Waals surface area (Å²) in [7, 11) is 1.58. The molecule has 1 aliphatic carbocycles. The highest BCUT2D eigenvalue weighted by atomic mass is 32.1. The average Bonchev–Trinajstić information content (AvgIpc) is 2.86. The number of non-ortho nitro benzene ring substituents is 1. The molecule has 1 aromatic carbocycles. The van der Waals surface area contributed by atoms with Crippen LogP contribution in [0.1, 0.15) is 45.6 Å². The lowest BCUT2D eigenvalue weighted by atomic mass is 10.0. The van der Waals surface area contributed by atoms with E-state index in [9.17, 15) is 19.7 Å². The molecule has 2 aromatic rings. The van der Waals surface area contributed by atoms with Gasteiger partial charge in [0, 0.05) is 30.1 Å². The normalized spacial score (nSPS) is 13.6. The smallest absolute Gasteiger partial charge is 0.270 e. The zero-order valence-corrected chi connectivity index (χ0v) is 16.3. The number of nitro benzene ring substituents is 1. The molecule has 0 unspecified atom stereocenters. The summed E-state index contributed by atoms with van der Waals surface area (Å²) >= 11 is 1.46. The van der Waals surface area contributed by atoms with Gasteiger partial charge in [-0.1, -0.05) is 18.6 Å². The number of thiophene rings is 1. The Morgan fingerprint density at radius 1 is 1.21 bits per heavy atom. The molecule has 0 saturated carbocycles. The topological polar surface area (TPSA) is 101 Å². The summed E-state index contributed by atoms with van der Waals surface area (Å²) in [5, 5.41) is 16.9. The Morgan fingerprint density at radius 2 is 2.00 bits per heavy atom. The number of amides is 2. The van der Waals surface area contributed by atoms with Gasteiger partial charge in [0.05, 0.1) is 10.5 Å². The number of nitrogens with one attached hydrogen (secondary N) is 2. The van der Waals surface area contributed by atoms with Gasteiger partial charge in [-0.15, -0.1) is 11.3 Å². The molecular formula is C20H21N3O4S. The van der Waals surface area contributed by atoms with Gasteiger partial charge in [0.2, 0.25) is 5.91 Å². The van der Waals surface area contributed by atoms with Gasteiger partial charge in [0.25, 0.3) is 11.6 Å². The average molecular weight is 399 g/mol. The van der Waals surface area contributed by atoms with Crippen molar-refractivity contribution >= 4 is 39.9 Å². The Bertz CT molecular complexity index is 949. The SMILES string of the molecule is CNC(=O)c1c(NC(=O)/C=C/c2cccc([N+](=O)[O-])c2)sc2c1CCCCC2. The summed E-state index contributed by atoms with van der Waals surface area (Å²) < 4.78 is 0. The first kappa shape index (κ1) is 19.8. The van der Waals surface area contributed by atoms with Crippen LogP contribution in [0.15, 0.2) is 30.3 Å². The van der Waals surface area contributed by atoms with E-state index in [0.29, 0.717) is 16.1 Å². The predicted octanol–water partition coefficient (Wildman–Crippen LogP) is 3.94. The molecule has 3 rings (SSSR count). The van der Waals surface area contributed by atoms with Crippen molar-refractivity contribution in [3.63, 3.8) is 0 Å². The summed E-state index contributed by atoms with van der Waals surface area (Å²) in [6.07, 6.45) is 7.85. The van der Waals surface area contributed by atoms with Crippen molar-refractivity contribution in [1.82, 2.24) is 5.32 Å². The molecule has 0 radical (unpaired) electrons. The van der Waals surface area contributed by atoms with Gasteiger partial charge in [-0.05, 0) is 42.9 Å². The summed E-state index contributed by atoms with van der Waals surface area (Å²) in [5.41, 5.74) is 2.12. The van der Waals surface area contributed by atoms with Gasteiger partial charge in [-0.3, -0.25) is 19.7 Å². The van der Waals surface area contributed by atoms with Crippen molar-refractivity contribution in [2.45, 2.75) is 32.1 Å². The lowest BCUT2D eigenvalue weighted by Crippen LogP contribution is -2.21. The molecule has 8 heteroatoms. The lowest BCUT2D eigenvalue weighted by Gasteiger charge is -2.06. The molecule has 0 aliphatic heterocycles. The Morgan fingerprint density at radius 3 is 2.75 bits per heavy atom. The van der Waals surface area contributed by atoms with Crippen molar-refractivity contribution in [2.75, 3.05) is 12.4 Å². The number of carbonyl (C=O) groups excluding carboxylic acids is 2. The molecule has 1 heterocycles. The van der Waals surface area contributed by atoms with Gasteiger partial charge in [0.1, 0.15) is 5.00 Å². The van der Waals surface area contributed by atoms with Crippen LogP contribution in [0.4, 0.5) is 10.7 Å². The molecule has 0 fully saturated rings. The number of hydrogen-bond donors (Lipinski definition) is 2. The number of aryl methyl sites for hydroxylation is 1. The molecule has 146 valence electrons. The maximum atomic E-state index is 12.4. The van der Waals surface area contributed by atoms with E-state index in [1.165, 1.54) is 35.6 Å². The number of nitrogens with zero attached hydrogens (tertiary/aromatic N) is 1. The van der Waals surface area contributed by atoms with Crippen LogP contribution in [0.3, 0.4) is 0 Å². The fourth-order valence-electron chi connectivity index (χ4n) is 3.26. The van der Waals surface area contributed by atoms with Crippen molar-refractivity contribution in [3.8, 4) is 0 Å². The maximum absolute atomic E-state index is 12.4. The molecule has 2 N–H and O–H groups in total. The van der Waals surface area contributed by atoms with Gasteiger partial charge < -0.3 is 10.6 Å². The molecule has 0 spiro atoms. The zero-order valence-electron chi connectivity index (χ0n) is 15.5. The van der Waals surface area contributed by atoms with E-state index in [2.05, 4.69) is 10.6 Å². The van der Waals surface area contributed by atoms with Crippen LogP contribution >= 0.6 is 11.3 Å². The Kier molecular flexibility index (Phi) is 6.20. The van der Waals surface area contributed by atoms with Crippen LogP contribution in [0.5, 0.6) is 0 Å². The highest BCUT2D eigenvalue weighted by Crippen LogP contribution is 2.37. The van der Waals surface area contributed by atoms with Crippen LogP contribution in [0.2, 0.25) is 0 Å². The van der Waals surface area contributed by atoms with Crippen molar-refractivity contribution in [1.29, 1.82) is 0 Å². The van der Waals surface area contributed by atoms with Crippen molar-refractivity contribution in [2.24, 2.45) is 0 Å². The highest BCUT2D eigenvalue weighted by molar-refractivity contribution is 7.17. The van der Waals surface area contributed by atoms with E-state index in [1.54, 1.807) is 19.2 Å². The van der Waals surface area contributed by atoms with E-state index >= 15 is 0 Å². The third-order valence-electron chi connectivity index (χ3n) is 4.62. The summed E-state index contributed by atoms with van der Waals surface area (Å²) in [6.45, 7) is 0. The minimum Gasteiger partial charge on any atom is -0.355 e. The second-order valence-corrected chi connectivity index (χ2v) is 7.63. The largest absolute Gasteiger partial charge is 0.355 e. The molecular weight excluding hydrogens is 378 g/mol. The number of hydrogen-bond acceptors (Lipinski definition) is 5. The van der Waals surface area contributed by atoms with Crippen molar-refractivity contribution < 1.29 is 14.5 Å². The van der Waals surface area contributed by atoms with Crippen LogP contribution in [0.25, 0.3) is 6.08 Å². The quantitative estimate of drug-likeness (QED) is 0.344. The molecule has 0 saturated heterocycles. The van der Waals surface area contributed by atoms with Gasteiger partial charge >= 0.3 is 0 Å². The fourth-order valence-corrected chi connectivity index (χ4v) is 4.55. The standard InChI is InChI=1S/C20H21N3O4S/c1-21-19(25)18-15-8-3-2-4-9-16(15)28-20(18)22-17(24)11-10-13-6-5-7-14(12-13)23(26)27/h5-7,10-12H,2-4,8-9H2,1H3,(H,21,25)(H,22,24)/b11-10+. The molecule has 1 aliphatic rings. The van der Waals surface area contributed by atoms with Gasteiger partial charge in [-0.25, -0.2) is 0 Å². The Labute approximate surface area is 166 Å². The van der Waals surface area contributed by atoms with E-state index < -0.39 is 4.92 Å². The summed E-state index contributed by atoms with van der Waals surface area (Å²) in [4.78, 5) is 36.3. The van der Waals surface area contributed by atoms with E-state index in [0.717, 1.165) is 42.5 Å². The van der Waals surface area contributed by atoms with Crippen LogP contribution < -0.4 is 10.6 Å². The molecule has 1 aromatic heterocycles. The molecule has 0 bridgehead atoms. The number of fused-ring (bicyclic) bond motifs is 1. The second kappa shape index (κ2) is 8.79. The zero-order chi connectivity index (χ0) is 20.1. The first-order valence-corrected chi connectivity index (χ1v) is 9.91. The number of anilines is 1. The van der Waals surface area contributed by atoms with Gasteiger partial charge in [-0.2, -0.15) is 0 Å². The fraction of sp³-hybridized carbons (Fsp3) is 0.300. The minimum absolute atomic E-state index is 0.0357. The summed E-state index contributed by atoms with van der Waals surface area (Å²) in [6, 6.07) is 6.04. The van der Waals surface area contributed by atoms with Crippen LogP contribution in [0, 0.1) is 10.1 Å². The molecule has 28 heavy (non-hydrogen) atoms. The van der Waals surface area contributed by atoms with E-state index in [4.69, 9.17) is 0 Å². The van der Waals surface area contributed by atoms with E-state index in [1.807, 2.05) is 0 Å². The first-order valence-electron chi connectivity index (χ1n) is 9.09. The van der Waals surface area contributed by atoms with E-state index in [-0.39, 0.29) is 17.5 Å². The van der Waals surface area contributed by atoms with Crippen molar-refractivity contribution in [3.05, 3.63) is 62.0 Å². The van der Waals surface area contributed by atoms with Crippen LogP contribution in [-0.4, -0.2) is 23.8 Å². The molecule has 0 atom stereocenters. The first-order chi connectivity index (χ1) is 13.5. The lowest BCUT2D eigenvalue weighted by molar-refractivity contribution is -0.384. The highest BCUT2D eigenvalue weighted by Gasteiger charge is 2.24. The Hall–Kier alpha value is -3.00. The summed E-state index contributed by atoms with van der Waals surface area (Å²) in [5.74, 6) is -0.578. The maximum Gasteiger partial charge on any atom is 0.270 e. The molecule has 7 nitrogen and oxygen atoms in total. The van der Waals surface area contributed by atoms with Gasteiger partial charge in [0.15, 0.2) is 0 Å². The predicted molar refractivity (Wildman–Crippen MR) is 110 cm³/mol. The van der Waals surface area contributed by atoms with Crippen LogP contribution in [-0.2, 0) is 17.6 Å². The number of carbonyl (C=O) groups is 2. The second-order valence-electron chi connectivity index (χ2n) is 6.52. The monoisotopic (exact) mass is 399 g/mol. The number of benzene rings is 1. The number of nitro groups is 1.